The van der Waals surface area contributed by atoms with Crippen molar-refractivity contribution in [3.05, 3.63) is 214 Å². The van der Waals surface area contributed by atoms with Crippen LogP contribution in [0.2, 0.25) is 0 Å². The molecule has 3 aliphatic rings. The minimum Gasteiger partial charge on any atom is -0.313 e. The normalized spacial score (nSPS) is 16.5. The molecule has 58 heavy (non-hydrogen) atoms. The summed E-state index contributed by atoms with van der Waals surface area (Å²) >= 11 is 0. The highest BCUT2D eigenvalue weighted by Gasteiger charge is 2.39. The quantitative estimate of drug-likeness (QED) is 0.161. The van der Waals surface area contributed by atoms with Gasteiger partial charge in [0.05, 0.1) is 5.69 Å². The van der Waals surface area contributed by atoms with Crippen molar-refractivity contribution in [1.82, 2.24) is 4.98 Å². The van der Waals surface area contributed by atoms with Gasteiger partial charge in [0.2, 0.25) is 0 Å². The number of allylic oxidation sites excluding steroid dienone is 3. The highest BCUT2D eigenvalue weighted by Crippen LogP contribution is 2.50. The average molecular weight is 749 g/mol. The summed E-state index contributed by atoms with van der Waals surface area (Å²) in [6.07, 6.45) is 8.91. The summed E-state index contributed by atoms with van der Waals surface area (Å²) in [6.45, 7) is 14.0. The smallest absolute Gasteiger partial charge is 0.0688 e. The van der Waals surface area contributed by atoms with Crippen molar-refractivity contribution in [2.24, 2.45) is 0 Å². The van der Waals surface area contributed by atoms with Crippen molar-refractivity contribution in [1.29, 1.82) is 0 Å². The van der Waals surface area contributed by atoms with Crippen LogP contribution in [-0.2, 0) is 16.2 Å². The van der Waals surface area contributed by atoms with E-state index >= 15 is 0 Å². The molecule has 2 nitrogen and oxygen atoms in total. The molecule has 10 rings (SSSR count). The van der Waals surface area contributed by atoms with Crippen LogP contribution in [0.3, 0.4) is 0 Å². The van der Waals surface area contributed by atoms with Gasteiger partial charge in [-0.15, -0.1) is 0 Å². The van der Waals surface area contributed by atoms with Crippen molar-refractivity contribution in [3.8, 4) is 22.3 Å². The van der Waals surface area contributed by atoms with Gasteiger partial charge >= 0.3 is 0 Å². The van der Waals surface area contributed by atoms with E-state index in [0.29, 0.717) is 0 Å². The summed E-state index contributed by atoms with van der Waals surface area (Å²) < 4.78 is 0. The zero-order valence-electron chi connectivity index (χ0n) is 34.2. The highest BCUT2D eigenvalue weighted by molar-refractivity contribution is 5.96. The minimum absolute atomic E-state index is 0.0861. The van der Waals surface area contributed by atoms with Crippen molar-refractivity contribution in [2.75, 3.05) is 4.90 Å². The molecular formula is C56H48N2. The van der Waals surface area contributed by atoms with Gasteiger partial charge in [-0.25, -0.2) is 0 Å². The van der Waals surface area contributed by atoms with Crippen LogP contribution in [0.5, 0.6) is 0 Å². The molecule has 0 aliphatic heterocycles. The maximum Gasteiger partial charge on any atom is 0.0688 e. The van der Waals surface area contributed by atoms with Gasteiger partial charge in [0.15, 0.2) is 0 Å². The van der Waals surface area contributed by atoms with Crippen LogP contribution in [0.4, 0.5) is 11.4 Å². The molecule has 0 saturated carbocycles. The van der Waals surface area contributed by atoms with Crippen LogP contribution in [0.1, 0.15) is 86.2 Å². The second-order valence-electron chi connectivity index (χ2n) is 17.7. The minimum atomic E-state index is -0.245. The number of pyridine rings is 1. The highest BCUT2D eigenvalue weighted by atomic mass is 15.2. The van der Waals surface area contributed by atoms with Crippen molar-refractivity contribution < 1.29 is 0 Å². The Morgan fingerprint density at radius 2 is 0.828 bits per heavy atom. The third-order valence-electron chi connectivity index (χ3n) is 13.2. The number of nitrogens with zero attached hydrogens (tertiary/aromatic N) is 2. The summed E-state index contributed by atoms with van der Waals surface area (Å²) in [5, 5.41) is 0. The third kappa shape index (κ3) is 5.73. The zero-order valence-corrected chi connectivity index (χ0v) is 34.2. The molecule has 1 heterocycles. The SMILES string of the molecule is CC1(C)C(c2ccccc2)=Cc2ccc(-c3ccc(N(C4=Cc5ncccc5C4(C)C)c4ccc(-c5ccc6c(c5)C(C)(C)C(c5ccccc5)=C6)cc4)cc3)cc21. The second kappa shape index (κ2) is 13.3. The first kappa shape index (κ1) is 35.9. The Hall–Kier alpha value is -6.51. The van der Waals surface area contributed by atoms with Gasteiger partial charge in [-0.1, -0.05) is 157 Å². The first-order chi connectivity index (χ1) is 28.0. The molecule has 0 amide bonds. The van der Waals surface area contributed by atoms with Crippen LogP contribution < -0.4 is 4.90 Å². The van der Waals surface area contributed by atoms with Crippen molar-refractivity contribution in [3.63, 3.8) is 0 Å². The molecule has 0 saturated heterocycles. The molecule has 7 aromatic rings. The number of hydrogen-bond acceptors (Lipinski definition) is 2. The van der Waals surface area contributed by atoms with Crippen LogP contribution in [0, 0.1) is 0 Å². The molecule has 3 aliphatic carbocycles. The Bertz CT molecular complexity index is 2650. The fourth-order valence-corrected chi connectivity index (χ4v) is 9.78. The van der Waals surface area contributed by atoms with E-state index in [-0.39, 0.29) is 16.2 Å². The van der Waals surface area contributed by atoms with Gasteiger partial charge in [0, 0.05) is 39.5 Å². The number of hydrogen-bond donors (Lipinski definition) is 0. The lowest BCUT2D eigenvalue weighted by molar-refractivity contribution is 0.624. The Kier molecular flexibility index (Phi) is 8.22. The van der Waals surface area contributed by atoms with Gasteiger partial charge < -0.3 is 4.90 Å². The predicted octanol–water partition coefficient (Wildman–Crippen LogP) is 14.5. The Balaban J connectivity index is 0.986. The topological polar surface area (TPSA) is 16.1 Å². The number of benzene rings is 6. The van der Waals surface area contributed by atoms with Crippen LogP contribution >= 0.6 is 0 Å². The standard InChI is InChI=1S/C56H48N2/c1-54(2)48(39-14-9-7-10-15-39)34-43-21-19-41(32-50(43)54)37-23-27-45(28-24-37)58(53-36-52-47(56(53,5)6)18-13-31-57-52)46-29-25-38(26-30-46)42-20-22-44-35-49(40-16-11-8-12-17-40)55(3,4)51(44)33-42/h7-36H,1-6H3. The zero-order chi connectivity index (χ0) is 39.8. The summed E-state index contributed by atoms with van der Waals surface area (Å²) in [4.78, 5) is 7.23. The predicted molar refractivity (Wildman–Crippen MR) is 246 cm³/mol. The molecule has 0 radical (unpaired) electrons. The summed E-state index contributed by atoms with van der Waals surface area (Å²) in [7, 11) is 0. The lowest BCUT2D eigenvalue weighted by Gasteiger charge is -2.35. The largest absolute Gasteiger partial charge is 0.313 e. The van der Waals surface area contributed by atoms with Gasteiger partial charge in [-0.05, 0) is 133 Å². The first-order valence-electron chi connectivity index (χ1n) is 20.5. The Morgan fingerprint density at radius 3 is 1.28 bits per heavy atom. The van der Waals surface area contributed by atoms with E-state index in [2.05, 4.69) is 222 Å². The van der Waals surface area contributed by atoms with Gasteiger partial charge in [-0.3, -0.25) is 4.98 Å². The lowest BCUT2D eigenvalue weighted by Crippen LogP contribution is -2.29. The molecule has 282 valence electrons. The van der Waals surface area contributed by atoms with E-state index in [0.717, 1.165) is 17.1 Å². The summed E-state index contributed by atoms with van der Waals surface area (Å²) in [5.41, 5.74) is 20.9. The lowest BCUT2D eigenvalue weighted by atomic mass is 9.78. The molecule has 0 spiro atoms. The first-order valence-corrected chi connectivity index (χ1v) is 20.5. The van der Waals surface area contributed by atoms with Crippen molar-refractivity contribution in [2.45, 2.75) is 57.8 Å². The van der Waals surface area contributed by atoms with E-state index < -0.39 is 0 Å². The average Bonchev–Trinajstić information content (AvgIpc) is 3.79. The molecule has 0 bridgehead atoms. The van der Waals surface area contributed by atoms with Gasteiger partial charge in [0.1, 0.15) is 0 Å². The number of anilines is 2. The van der Waals surface area contributed by atoms with E-state index in [9.17, 15) is 0 Å². The Morgan fingerprint density at radius 1 is 0.379 bits per heavy atom. The van der Waals surface area contributed by atoms with Crippen LogP contribution in [0.15, 0.2) is 170 Å². The summed E-state index contributed by atoms with van der Waals surface area (Å²) in [5.74, 6) is 0. The summed E-state index contributed by atoms with van der Waals surface area (Å²) in [6, 6.07) is 58.0. The van der Waals surface area contributed by atoms with Crippen molar-refractivity contribution >= 4 is 40.7 Å². The van der Waals surface area contributed by atoms with Crippen LogP contribution in [0.25, 0.3) is 51.6 Å². The molecule has 0 unspecified atom stereocenters. The van der Waals surface area contributed by atoms with Gasteiger partial charge in [-0.2, -0.15) is 0 Å². The Labute approximate surface area is 343 Å². The molecule has 0 N–H and O–H groups in total. The molecular weight excluding hydrogens is 701 g/mol. The molecule has 6 aromatic carbocycles. The fraction of sp³-hybridized carbons (Fsp3) is 0.161. The maximum absolute atomic E-state index is 4.80. The number of aromatic nitrogens is 1. The maximum atomic E-state index is 4.80. The van der Waals surface area contributed by atoms with E-state index in [1.807, 2.05) is 6.20 Å². The van der Waals surface area contributed by atoms with Gasteiger partial charge in [0.25, 0.3) is 0 Å². The fourth-order valence-electron chi connectivity index (χ4n) is 9.78. The number of fused-ring (bicyclic) bond motifs is 3. The van der Waals surface area contributed by atoms with Crippen LogP contribution in [-0.4, -0.2) is 4.98 Å². The molecule has 2 heteroatoms. The monoisotopic (exact) mass is 748 g/mol. The molecule has 1 aromatic heterocycles. The number of rotatable bonds is 7. The van der Waals surface area contributed by atoms with E-state index in [4.69, 9.17) is 4.98 Å². The third-order valence-corrected chi connectivity index (χ3v) is 13.2. The van der Waals surface area contributed by atoms with E-state index in [1.165, 1.54) is 78.0 Å². The van der Waals surface area contributed by atoms with E-state index in [1.54, 1.807) is 0 Å². The molecule has 0 atom stereocenters. The second-order valence-corrected chi connectivity index (χ2v) is 17.7. The molecule has 0 fully saturated rings.